The van der Waals surface area contributed by atoms with Crippen LogP contribution in [0.15, 0.2) is 53.6 Å². The van der Waals surface area contributed by atoms with Gasteiger partial charge in [-0.25, -0.2) is 13.4 Å². The number of hydrogen-bond acceptors (Lipinski definition) is 6. The first-order valence-electron chi connectivity index (χ1n) is 11.1. The molecule has 2 aromatic rings. The van der Waals surface area contributed by atoms with Gasteiger partial charge in [0.15, 0.2) is 9.84 Å². The van der Waals surface area contributed by atoms with Crippen LogP contribution in [0.3, 0.4) is 0 Å². The summed E-state index contributed by atoms with van der Waals surface area (Å²) in [6.07, 6.45) is 0.514. The van der Waals surface area contributed by atoms with Crippen molar-refractivity contribution in [1.29, 1.82) is 0 Å². The summed E-state index contributed by atoms with van der Waals surface area (Å²) in [6, 6.07) is 13.9. The van der Waals surface area contributed by atoms with Crippen LogP contribution in [0.2, 0.25) is 0 Å². The molecule has 2 aliphatic heterocycles. The van der Waals surface area contributed by atoms with Crippen LogP contribution >= 0.6 is 0 Å². The molecule has 0 aromatic heterocycles. The molecule has 2 heterocycles. The molecule has 1 fully saturated rings. The second kappa shape index (κ2) is 9.76. The molecule has 4 rings (SSSR count). The number of hydrogen-bond donors (Lipinski definition) is 2. The van der Waals surface area contributed by atoms with Crippen LogP contribution in [-0.2, 0) is 26.0 Å². The lowest BCUT2D eigenvalue weighted by Crippen LogP contribution is -2.42. The quantitative estimate of drug-likeness (QED) is 0.652. The van der Waals surface area contributed by atoms with E-state index in [9.17, 15) is 22.8 Å². The van der Waals surface area contributed by atoms with Gasteiger partial charge >= 0.3 is 0 Å². The van der Waals surface area contributed by atoms with Crippen molar-refractivity contribution in [2.24, 2.45) is 5.10 Å². The topological polar surface area (TPSA) is 125 Å². The summed E-state index contributed by atoms with van der Waals surface area (Å²) in [5, 5.41) is 10.9. The minimum atomic E-state index is -3.21. The molecule has 2 aromatic carbocycles. The van der Waals surface area contributed by atoms with Crippen molar-refractivity contribution in [3.05, 3.63) is 65.2 Å². The van der Waals surface area contributed by atoms with Crippen LogP contribution in [0.4, 0.5) is 5.69 Å². The second-order valence-electron chi connectivity index (χ2n) is 8.51. The maximum absolute atomic E-state index is 12.9. The van der Waals surface area contributed by atoms with Crippen molar-refractivity contribution in [2.75, 3.05) is 16.8 Å². The molecule has 1 saturated heterocycles. The van der Waals surface area contributed by atoms with E-state index in [0.29, 0.717) is 24.2 Å². The number of amides is 3. The van der Waals surface area contributed by atoms with E-state index in [-0.39, 0.29) is 41.9 Å². The minimum Gasteiger partial charge on any atom is -0.348 e. The molecule has 0 aliphatic carbocycles. The summed E-state index contributed by atoms with van der Waals surface area (Å²) in [5.41, 5.74) is 2.83. The van der Waals surface area contributed by atoms with Gasteiger partial charge < -0.3 is 10.6 Å². The molecule has 0 radical (unpaired) electrons. The molecular weight excluding hydrogens is 456 g/mol. The van der Waals surface area contributed by atoms with Crippen LogP contribution in [0.5, 0.6) is 0 Å². The van der Waals surface area contributed by atoms with Gasteiger partial charge in [0, 0.05) is 19.4 Å². The van der Waals surface area contributed by atoms with Gasteiger partial charge in [0.1, 0.15) is 5.71 Å². The third-order valence-corrected chi connectivity index (χ3v) is 7.62. The van der Waals surface area contributed by atoms with Crippen molar-refractivity contribution in [3.63, 3.8) is 0 Å². The second-order valence-corrected chi connectivity index (χ2v) is 10.7. The summed E-state index contributed by atoms with van der Waals surface area (Å²) >= 11 is 0. The Morgan fingerprint density at radius 2 is 1.79 bits per heavy atom. The van der Waals surface area contributed by atoms with Crippen molar-refractivity contribution in [1.82, 2.24) is 10.3 Å². The Labute approximate surface area is 198 Å². The van der Waals surface area contributed by atoms with Gasteiger partial charge in [-0.05, 0) is 31.0 Å². The van der Waals surface area contributed by atoms with Gasteiger partial charge in [-0.2, -0.15) is 5.10 Å². The highest BCUT2D eigenvalue weighted by Crippen LogP contribution is 2.23. The fourth-order valence-electron chi connectivity index (χ4n) is 3.96. The number of sulfone groups is 1. The highest BCUT2D eigenvalue weighted by Gasteiger charge is 2.37. The standard InChI is InChI=1S/C24H26N4O5S/c1-16-6-8-17(9-7-16)14-25-23(30)19-4-2-3-5-20(19)26-24(31)21-10-11-22(29)28(27-21)18-12-13-34(32,33)15-18/h2-9,18H,10-15H2,1H3,(H,25,30)(H,26,31). The van der Waals surface area contributed by atoms with E-state index in [1.807, 2.05) is 31.2 Å². The molecule has 10 heteroatoms. The van der Waals surface area contributed by atoms with Crippen LogP contribution < -0.4 is 10.6 Å². The predicted molar refractivity (Wildman–Crippen MR) is 128 cm³/mol. The molecule has 9 nitrogen and oxygen atoms in total. The first-order valence-corrected chi connectivity index (χ1v) is 12.9. The predicted octanol–water partition coefficient (Wildman–Crippen LogP) is 2.03. The number of aryl methyl sites for hydroxylation is 1. The number of carbonyl (C=O) groups is 3. The molecule has 3 amide bonds. The van der Waals surface area contributed by atoms with E-state index < -0.39 is 21.8 Å². The average Bonchev–Trinajstić information content (AvgIpc) is 3.18. The van der Waals surface area contributed by atoms with Gasteiger partial charge in [-0.15, -0.1) is 0 Å². The van der Waals surface area contributed by atoms with E-state index in [1.165, 1.54) is 0 Å². The van der Waals surface area contributed by atoms with Crippen molar-refractivity contribution in [3.8, 4) is 0 Å². The molecule has 0 bridgehead atoms. The zero-order chi connectivity index (χ0) is 24.3. The number of benzene rings is 2. The van der Waals surface area contributed by atoms with E-state index >= 15 is 0 Å². The van der Waals surface area contributed by atoms with Crippen molar-refractivity contribution in [2.45, 2.75) is 38.8 Å². The fraction of sp³-hybridized carbons (Fsp3) is 0.333. The lowest BCUT2D eigenvalue weighted by atomic mass is 10.1. The number of rotatable bonds is 6. The summed E-state index contributed by atoms with van der Waals surface area (Å²) < 4.78 is 23.6. The van der Waals surface area contributed by atoms with Crippen molar-refractivity contribution < 1.29 is 22.8 Å². The monoisotopic (exact) mass is 482 g/mol. The van der Waals surface area contributed by atoms with E-state index in [0.717, 1.165) is 16.1 Å². The minimum absolute atomic E-state index is 0.00354. The lowest BCUT2D eigenvalue weighted by molar-refractivity contribution is -0.133. The number of para-hydroxylation sites is 1. The third-order valence-electron chi connectivity index (χ3n) is 5.87. The summed E-state index contributed by atoms with van der Waals surface area (Å²) in [7, 11) is -3.21. The molecule has 34 heavy (non-hydrogen) atoms. The summed E-state index contributed by atoms with van der Waals surface area (Å²) in [6.45, 7) is 2.33. The Hall–Kier alpha value is -3.53. The molecule has 178 valence electrons. The van der Waals surface area contributed by atoms with Crippen molar-refractivity contribution >= 4 is 39.0 Å². The average molecular weight is 483 g/mol. The van der Waals surface area contributed by atoms with Gasteiger partial charge in [0.25, 0.3) is 11.8 Å². The number of carbonyl (C=O) groups excluding carboxylic acids is 3. The summed E-state index contributed by atoms with van der Waals surface area (Å²) in [4.78, 5) is 38.0. The van der Waals surface area contributed by atoms with E-state index in [2.05, 4.69) is 15.7 Å². The first-order chi connectivity index (χ1) is 16.2. The number of anilines is 1. The molecule has 0 saturated carbocycles. The normalized spacial score (nSPS) is 19.4. The Bertz CT molecular complexity index is 1250. The molecule has 1 atom stereocenters. The Balaban J connectivity index is 1.45. The maximum Gasteiger partial charge on any atom is 0.271 e. The van der Waals surface area contributed by atoms with Gasteiger partial charge in [-0.1, -0.05) is 42.0 Å². The van der Waals surface area contributed by atoms with Gasteiger partial charge in [-0.3, -0.25) is 14.4 Å². The molecule has 2 aliphatic rings. The number of hydrazone groups is 1. The van der Waals surface area contributed by atoms with E-state index in [4.69, 9.17) is 0 Å². The number of nitrogens with one attached hydrogen (secondary N) is 2. The highest BCUT2D eigenvalue weighted by molar-refractivity contribution is 7.91. The first kappa shape index (κ1) is 23.6. The zero-order valence-electron chi connectivity index (χ0n) is 18.8. The molecule has 1 unspecified atom stereocenters. The lowest BCUT2D eigenvalue weighted by Gasteiger charge is -2.27. The third kappa shape index (κ3) is 5.51. The molecule has 0 spiro atoms. The largest absolute Gasteiger partial charge is 0.348 e. The zero-order valence-corrected chi connectivity index (χ0v) is 19.6. The van der Waals surface area contributed by atoms with Gasteiger partial charge in [0.05, 0.1) is 28.8 Å². The smallest absolute Gasteiger partial charge is 0.271 e. The van der Waals surface area contributed by atoms with Crippen LogP contribution in [0.1, 0.15) is 40.7 Å². The van der Waals surface area contributed by atoms with Crippen LogP contribution in [0.25, 0.3) is 0 Å². The molecular formula is C24H26N4O5S. The highest BCUT2D eigenvalue weighted by atomic mass is 32.2. The maximum atomic E-state index is 12.9. The van der Waals surface area contributed by atoms with Crippen LogP contribution in [0, 0.1) is 6.92 Å². The Morgan fingerprint density at radius 1 is 1.06 bits per heavy atom. The Morgan fingerprint density at radius 3 is 2.50 bits per heavy atom. The SMILES string of the molecule is Cc1ccc(CNC(=O)c2ccccc2NC(=O)C2=NN(C3CCS(=O)(=O)C3)C(=O)CC2)cc1. The number of nitrogens with zero attached hydrogens (tertiary/aromatic N) is 2. The fourth-order valence-corrected chi connectivity index (χ4v) is 5.65. The van der Waals surface area contributed by atoms with E-state index in [1.54, 1.807) is 24.3 Å². The van der Waals surface area contributed by atoms with Gasteiger partial charge in [0.2, 0.25) is 5.91 Å². The molecule has 2 N–H and O–H groups in total. The Kier molecular flexibility index (Phi) is 6.78. The summed E-state index contributed by atoms with van der Waals surface area (Å²) in [5.74, 6) is -1.31. The van der Waals surface area contributed by atoms with Crippen LogP contribution in [-0.4, -0.2) is 54.4 Å².